The molecule has 0 unspecified atom stereocenters. The standard InChI is InChI=1S/C17H27N5O7S/c18-30(27,28)14-1-2-15(16(13-14)22(25)26)19-4-5-20-6-8-21(9-7-20)10-12-29-11-3-17(23)24/h1-2,13,19H,3-12H2,(H,23,24)(H2,18,27,28). The SMILES string of the molecule is NS(=O)(=O)c1ccc(NCCN2CCN(CCOCCC(=O)O)CC2)c([N+](=O)[O-])c1. The molecule has 0 radical (unpaired) electrons. The van der Waals surface area contributed by atoms with Crippen LogP contribution in [0.2, 0.25) is 0 Å². The van der Waals surface area contributed by atoms with Gasteiger partial charge in [-0.1, -0.05) is 0 Å². The summed E-state index contributed by atoms with van der Waals surface area (Å²) in [4.78, 5) is 25.2. The van der Waals surface area contributed by atoms with Gasteiger partial charge in [0.15, 0.2) is 0 Å². The molecular weight excluding hydrogens is 418 g/mol. The van der Waals surface area contributed by atoms with E-state index < -0.39 is 20.9 Å². The van der Waals surface area contributed by atoms with Crippen LogP contribution in [0.25, 0.3) is 0 Å². The maximum absolute atomic E-state index is 11.4. The van der Waals surface area contributed by atoms with Crippen LogP contribution in [0.1, 0.15) is 6.42 Å². The van der Waals surface area contributed by atoms with E-state index in [2.05, 4.69) is 15.1 Å². The van der Waals surface area contributed by atoms with Gasteiger partial charge < -0.3 is 15.2 Å². The molecule has 0 aromatic heterocycles. The summed E-state index contributed by atoms with van der Waals surface area (Å²) >= 11 is 0. The third-order valence-corrected chi connectivity index (χ3v) is 5.63. The normalized spacial score (nSPS) is 15.8. The zero-order chi connectivity index (χ0) is 22.1. The molecule has 0 saturated carbocycles. The number of rotatable bonds is 12. The van der Waals surface area contributed by atoms with Crippen molar-refractivity contribution < 1.29 is 28.0 Å². The Kier molecular flexibility index (Phi) is 8.92. The van der Waals surface area contributed by atoms with Crippen LogP contribution in [0.3, 0.4) is 0 Å². The van der Waals surface area contributed by atoms with E-state index in [0.717, 1.165) is 38.8 Å². The van der Waals surface area contributed by atoms with Gasteiger partial charge in [0, 0.05) is 51.9 Å². The lowest BCUT2D eigenvalue weighted by atomic mass is 10.2. The number of nitrogens with one attached hydrogen (secondary N) is 1. The number of hydrogen-bond donors (Lipinski definition) is 3. The second kappa shape index (κ2) is 11.2. The van der Waals surface area contributed by atoms with Crippen molar-refractivity contribution in [3.8, 4) is 0 Å². The Labute approximate surface area is 174 Å². The van der Waals surface area contributed by atoms with Crippen LogP contribution < -0.4 is 10.5 Å². The molecule has 1 saturated heterocycles. The van der Waals surface area contributed by atoms with Crippen LogP contribution in [-0.4, -0.2) is 93.2 Å². The van der Waals surface area contributed by atoms with E-state index in [-0.39, 0.29) is 29.3 Å². The van der Waals surface area contributed by atoms with Gasteiger partial charge in [0.1, 0.15) is 5.69 Å². The van der Waals surface area contributed by atoms with Gasteiger partial charge >= 0.3 is 5.97 Å². The lowest BCUT2D eigenvalue weighted by Crippen LogP contribution is -2.48. The molecule has 2 rings (SSSR count). The van der Waals surface area contributed by atoms with Crippen LogP contribution in [0.5, 0.6) is 0 Å². The van der Waals surface area contributed by atoms with Crippen LogP contribution in [0.4, 0.5) is 11.4 Å². The van der Waals surface area contributed by atoms with Gasteiger partial charge in [0.05, 0.1) is 29.5 Å². The van der Waals surface area contributed by atoms with Crippen molar-refractivity contribution in [2.24, 2.45) is 5.14 Å². The summed E-state index contributed by atoms with van der Waals surface area (Å²) < 4.78 is 28.1. The number of anilines is 1. The van der Waals surface area contributed by atoms with Crippen LogP contribution in [-0.2, 0) is 19.6 Å². The highest BCUT2D eigenvalue weighted by Gasteiger charge is 2.20. The zero-order valence-corrected chi connectivity index (χ0v) is 17.3. The lowest BCUT2D eigenvalue weighted by molar-refractivity contribution is -0.384. The molecule has 0 spiro atoms. The van der Waals surface area contributed by atoms with Crippen molar-refractivity contribution in [2.75, 3.05) is 64.3 Å². The van der Waals surface area contributed by atoms with Crippen molar-refractivity contribution >= 4 is 27.4 Å². The second-order valence-electron chi connectivity index (χ2n) is 6.85. The molecule has 0 bridgehead atoms. The number of primary sulfonamides is 1. The summed E-state index contributed by atoms with van der Waals surface area (Å²) in [6, 6.07) is 3.54. The van der Waals surface area contributed by atoms with E-state index in [1.165, 1.54) is 12.1 Å². The summed E-state index contributed by atoms with van der Waals surface area (Å²) in [6.07, 6.45) is 0.00367. The van der Waals surface area contributed by atoms with Crippen molar-refractivity contribution in [3.63, 3.8) is 0 Å². The first-order chi connectivity index (χ1) is 14.2. The molecule has 1 aromatic rings. The monoisotopic (exact) mass is 445 g/mol. The summed E-state index contributed by atoms with van der Waals surface area (Å²) in [5.74, 6) is -0.872. The fourth-order valence-electron chi connectivity index (χ4n) is 3.03. The van der Waals surface area contributed by atoms with E-state index >= 15 is 0 Å². The third kappa shape index (κ3) is 7.84. The van der Waals surface area contributed by atoms with E-state index in [1.807, 2.05) is 0 Å². The average molecular weight is 445 g/mol. The summed E-state index contributed by atoms with van der Waals surface area (Å²) in [5, 5.41) is 27.8. The molecule has 0 atom stereocenters. The molecule has 1 heterocycles. The maximum atomic E-state index is 11.4. The molecule has 0 amide bonds. The number of carboxylic acid groups (broad SMARTS) is 1. The molecule has 13 heteroatoms. The molecule has 1 fully saturated rings. The van der Waals surface area contributed by atoms with Crippen molar-refractivity contribution in [1.29, 1.82) is 0 Å². The Morgan fingerprint density at radius 3 is 2.40 bits per heavy atom. The number of carbonyl (C=O) groups is 1. The van der Waals surface area contributed by atoms with Gasteiger partial charge in [0.2, 0.25) is 10.0 Å². The highest BCUT2D eigenvalue weighted by atomic mass is 32.2. The Morgan fingerprint density at radius 1 is 1.20 bits per heavy atom. The van der Waals surface area contributed by atoms with Crippen molar-refractivity contribution in [2.45, 2.75) is 11.3 Å². The number of piperazine rings is 1. The molecule has 12 nitrogen and oxygen atoms in total. The van der Waals surface area contributed by atoms with E-state index in [4.69, 9.17) is 15.0 Å². The van der Waals surface area contributed by atoms with Crippen LogP contribution >= 0.6 is 0 Å². The van der Waals surface area contributed by atoms with Crippen LogP contribution in [0, 0.1) is 10.1 Å². The smallest absolute Gasteiger partial charge is 0.305 e. The minimum atomic E-state index is -4.01. The number of aliphatic carboxylic acids is 1. The summed E-state index contributed by atoms with van der Waals surface area (Å²) in [5.41, 5.74) is -0.0983. The Bertz CT molecular complexity index is 841. The minimum absolute atomic E-state index is 0.00367. The van der Waals surface area contributed by atoms with Crippen molar-refractivity contribution in [1.82, 2.24) is 9.80 Å². The topological polar surface area (TPSA) is 168 Å². The largest absolute Gasteiger partial charge is 0.481 e. The summed E-state index contributed by atoms with van der Waals surface area (Å²) in [6.45, 7) is 5.97. The average Bonchev–Trinajstić information content (AvgIpc) is 2.68. The predicted octanol–water partition coefficient (Wildman–Crippen LogP) is -0.237. The zero-order valence-electron chi connectivity index (χ0n) is 16.5. The van der Waals surface area contributed by atoms with E-state index in [9.17, 15) is 23.3 Å². The first-order valence-electron chi connectivity index (χ1n) is 9.46. The minimum Gasteiger partial charge on any atom is -0.481 e. The molecule has 0 aliphatic carbocycles. The van der Waals surface area contributed by atoms with Crippen molar-refractivity contribution in [3.05, 3.63) is 28.3 Å². The molecule has 1 aromatic carbocycles. The first kappa shape index (κ1) is 24.0. The number of nitro benzene ring substituents is 1. The number of ether oxygens (including phenoxy) is 1. The number of hydrogen-bond acceptors (Lipinski definition) is 9. The molecule has 1 aliphatic rings. The molecule has 168 valence electrons. The number of nitrogens with zero attached hydrogens (tertiary/aromatic N) is 3. The number of benzene rings is 1. The third-order valence-electron chi connectivity index (χ3n) is 4.71. The van der Waals surface area contributed by atoms with Crippen LogP contribution in [0.15, 0.2) is 23.1 Å². The fraction of sp³-hybridized carbons (Fsp3) is 0.588. The first-order valence-corrected chi connectivity index (χ1v) is 11.0. The second-order valence-corrected chi connectivity index (χ2v) is 8.41. The Morgan fingerprint density at radius 2 is 1.83 bits per heavy atom. The number of nitro groups is 1. The number of carboxylic acids is 1. The van der Waals surface area contributed by atoms with Gasteiger partial charge in [-0.25, -0.2) is 13.6 Å². The highest BCUT2D eigenvalue weighted by molar-refractivity contribution is 7.89. The summed E-state index contributed by atoms with van der Waals surface area (Å²) in [7, 11) is -4.01. The van der Waals surface area contributed by atoms with Gasteiger partial charge in [-0.05, 0) is 12.1 Å². The Hall–Kier alpha value is -2.32. The Balaban J connectivity index is 1.73. The highest BCUT2D eigenvalue weighted by Crippen LogP contribution is 2.27. The van der Waals surface area contributed by atoms with Gasteiger partial charge in [-0.3, -0.25) is 24.7 Å². The van der Waals surface area contributed by atoms with Gasteiger partial charge in [-0.2, -0.15) is 0 Å². The quantitative estimate of drug-likeness (QED) is 0.222. The number of sulfonamides is 1. The molecule has 4 N–H and O–H groups in total. The molecule has 30 heavy (non-hydrogen) atoms. The molecular formula is C17H27N5O7S. The van der Waals surface area contributed by atoms with E-state index in [0.29, 0.717) is 19.7 Å². The maximum Gasteiger partial charge on any atom is 0.305 e. The number of nitrogens with two attached hydrogens (primary N) is 1. The van der Waals surface area contributed by atoms with Gasteiger partial charge in [-0.15, -0.1) is 0 Å². The lowest BCUT2D eigenvalue weighted by Gasteiger charge is -2.34. The van der Waals surface area contributed by atoms with Gasteiger partial charge in [0.25, 0.3) is 5.69 Å². The molecule has 1 aliphatic heterocycles. The van der Waals surface area contributed by atoms with E-state index in [1.54, 1.807) is 0 Å². The predicted molar refractivity (Wildman–Crippen MR) is 109 cm³/mol. The fourth-order valence-corrected chi connectivity index (χ4v) is 3.56.